The first-order valence-electron chi connectivity index (χ1n) is 27.5. The molecule has 0 aliphatic rings. The van der Waals surface area contributed by atoms with Gasteiger partial charge in [-0.05, 0) is 77.0 Å². The van der Waals surface area contributed by atoms with Crippen LogP contribution in [0.25, 0.3) is 0 Å². The van der Waals surface area contributed by atoms with E-state index in [9.17, 15) is 14.4 Å². The molecule has 368 valence electrons. The Labute approximate surface area is 391 Å². The Bertz CT molecular complexity index is 1060. The highest BCUT2D eigenvalue weighted by atomic mass is 16.6. The third-order valence-corrected chi connectivity index (χ3v) is 12.1. The number of carbonyl (C=O) groups excluding carboxylic acids is 3. The van der Waals surface area contributed by atoms with Crippen molar-refractivity contribution in [2.24, 2.45) is 0 Å². The fourth-order valence-corrected chi connectivity index (χ4v) is 7.94. The molecular formula is C57H104O6. The van der Waals surface area contributed by atoms with Gasteiger partial charge in [0, 0.05) is 19.3 Å². The van der Waals surface area contributed by atoms with Gasteiger partial charge in [-0.25, -0.2) is 0 Å². The van der Waals surface area contributed by atoms with Crippen molar-refractivity contribution in [3.05, 3.63) is 36.5 Å². The lowest BCUT2D eigenvalue weighted by Gasteiger charge is -2.18. The van der Waals surface area contributed by atoms with Crippen molar-refractivity contribution in [3.8, 4) is 0 Å². The molecule has 0 aliphatic heterocycles. The van der Waals surface area contributed by atoms with Gasteiger partial charge in [-0.3, -0.25) is 14.4 Å². The minimum atomic E-state index is -0.774. The molecule has 6 heteroatoms. The Morgan fingerprint density at radius 1 is 0.317 bits per heavy atom. The van der Waals surface area contributed by atoms with Gasteiger partial charge in [-0.15, -0.1) is 0 Å². The Morgan fingerprint density at radius 3 is 0.937 bits per heavy atom. The lowest BCUT2D eigenvalue weighted by atomic mass is 10.0. The summed E-state index contributed by atoms with van der Waals surface area (Å²) in [5.41, 5.74) is 0. The standard InChI is InChI=1S/C57H104O6/c1-4-7-10-13-16-19-22-25-26-27-28-29-30-33-35-38-41-44-47-50-56(59)62-53-54(63-57(60)51-48-45-42-39-36-32-24-21-18-15-12-9-6-3)52-61-55(58)49-46-43-40-37-34-31-23-20-17-14-11-8-5-2/h16,19,21,24-26,54H,4-15,17-18,20,22-23,27-53H2,1-3H3/b19-16-,24-21-,26-25-. The average Bonchev–Trinajstić information content (AvgIpc) is 3.28. The lowest BCUT2D eigenvalue weighted by molar-refractivity contribution is -0.167. The van der Waals surface area contributed by atoms with Gasteiger partial charge in [-0.2, -0.15) is 0 Å². The Kier molecular flexibility index (Phi) is 50.3. The van der Waals surface area contributed by atoms with E-state index >= 15 is 0 Å². The zero-order valence-corrected chi connectivity index (χ0v) is 42.1. The Morgan fingerprint density at radius 2 is 0.571 bits per heavy atom. The summed E-state index contributed by atoms with van der Waals surface area (Å²) in [6.45, 7) is 6.62. The fourth-order valence-electron chi connectivity index (χ4n) is 7.94. The van der Waals surface area contributed by atoms with Gasteiger partial charge in [-0.1, -0.05) is 231 Å². The largest absolute Gasteiger partial charge is 0.462 e. The molecule has 1 unspecified atom stereocenters. The highest BCUT2D eigenvalue weighted by Gasteiger charge is 2.19. The van der Waals surface area contributed by atoms with E-state index in [0.717, 1.165) is 70.6 Å². The van der Waals surface area contributed by atoms with Crippen molar-refractivity contribution < 1.29 is 28.6 Å². The molecule has 0 N–H and O–H groups in total. The van der Waals surface area contributed by atoms with Crippen LogP contribution in [-0.2, 0) is 28.6 Å². The SMILES string of the molecule is CCCCC/C=C\C/C=C\CCCCCCCCCCCC(=O)OCC(COC(=O)CCCCCCCCCCCCCCC)OC(=O)CCCCCCC/C=C\CCCCCC. The summed E-state index contributed by atoms with van der Waals surface area (Å²) in [6.07, 6.45) is 61.2. The van der Waals surface area contributed by atoms with Crippen LogP contribution in [0.2, 0.25) is 0 Å². The number of allylic oxidation sites excluding steroid dienone is 6. The maximum absolute atomic E-state index is 12.8. The molecule has 63 heavy (non-hydrogen) atoms. The number of hydrogen-bond donors (Lipinski definition) is 0. The number of rotatable bonds is 50. The lowest BCUT2D eigenvalue weighted by Crippen LogP contribution is -2.30. The van der Waals surface area contributed by atoms with Crippen LogP contribution in [0.1, 0.15) is 290 Å². The highest BCUT2D eigenvalue weighted by molar-refractivity contribution is 5.71. The van der Waals surface area contributed by atoms with Crippen molar-refractivity contribution >= 4 is 17.9 Å². The van der Waals surface area contributed by atoms with E-state index in [-0.39, 0.29) is 31.1 Å². The van der Waals surface area contributed by atoms with E-state index in [1.807, 2.05) is 0 Å². The molecule has 0 aliphatic carbocycles. The van der Waals surface area contributed by atoms with E-state index in [4.69, 9.17) is 14.2 Å². The van der Waals surface area contributed by atoms with Crippen LogP contribution in [0.4, 0.5) is 0 Å². The molecule has 0 fully saturated rings. The van der Waals surface area contributed by atoms with Crippen molar-refractivity contribution in [2.75, 3.05) is 13.2 Å². The smallest absolute Gasteiger partial charge is 0.306 e. The monoisotopic (exact) mass is 885 g/mol. The molecule has 0 aromatic heterocycles. The van der Waals surface area contributed by atoms with E-state index in [2.05, 4.69) is 57.2 Å². The molecule has 6 nitrogen and oxygen atoms in total. The molecule has 0 rings (SSSR count). The molecule has 0 saturated heterocycles. The summed E-state index contributed by atoms with van der Waals surface area (Å²) in [5.74, 6) is -0.874. The number of carbonyl (C=O) groups is 3. The van der Waals surface area contributed by atoms with Crippen molar-refractivity contribution in [1.82, 2.24) is 0 Å². The molecule has 0 bridgehead atoms. The summed E-state index contributed by atoms with van der Waals surface area (Å²) in [7, 11) is 0. The number of hydrogen-bond acceptors (Lipinski definition) is 6. The van der Waals surface area contributed by atoms with Crippen LogP contribution in [0.15, 0.2) is 36.5 Å². The number of ether oxygens (including phenoxy) is 3. The molecule has 0 heterocycles. The molecule has 0 amide bonds. The van der Waals surface area contributed by atoms with E-state index < -0.39 is 6.10 Å². The zero-order chi connectivity index (χ0) is 45.8. The molecule has 0 saturated carbocycles. The van der Waals surface area contributed by atoms with Crippen molar-refractivity contribution in [3.63, 3.8) is 0 Å². The van der Waals surface area contributed by atoms with E-state index in [0.29, 0.717) is 19.3 Å². The third kappa shape index (κ3) is 50.5. The molecule has 0 spiro atoms. The second kappa shape index (κ2) is 52.3. The van der Waals surface area contributed by atoms with Gasteiger partial charge < -0.3 is 14.2 Å². The topological polar surface area (TPSA) is 78.9 Å². The third-order valence-electron chi connectivity index (χ3n) is 12.1. The van der Waals surface area contributed by atoms with Gasteiger partial charge in [0.15, 0.2) is 6.10 Å². The van der Waals surface area contributed by atoms with Crippen LogP contribution in [0, 0.1) is 0 Å². The molecule has 0 radical (unpaired) electrons. The summed E-state index contributed by atoms with van der Waals surface area (Å²) in [6, 6.07) is 0. The average molecular weight is 885 g/mol. The first-order chi connectivity index (χ1) is 31.0. The maximum atomic E-state index is 12.8. The van der Waals surface area contributed by atoms with E-state index in [1.54, 1.807) is 0 Å². The highest BCUT2D eigenvalue weighted by Crippen LogP contribution is 2.16. The minimum Gasteiger partial charge on any atom is -0.462 e. The van der Waals surface area contributed by atoms with Crippen LogP contribution >= 0.6 is 0 Å². The first-order valence-corrected chi connectivity index (χ1v) is 27.5. The fraction of sp³-hybridized carbons (Fsp3) is 0.842. The minimum absolute atomic E-state index is 0.0734. The van der Waals surface area contributed by atoms with Crippen LogP contribution < -0.4 is 0 Å². The predicted molar refractivity (Wildman–Crippen MR) is 270 cm³/mol. The Balaban J connectivity index is 4.32. The van der Waals surface area contributed by atoms with Gasteiger partial charge in [0.25, 0.3) is 0 Å². The Hall–Kier alpha value is -2.37. The quantitative estimate of drug-likeness (QED) is 0.0262. The second-order valence-corrected chi connectivity index (χ2v) is 18.5. The van der Waals surface area contributed by atoms with Gasteiger partial charge >= 0.3 is 17.9 Å². The summed E-state index contributed by atoms with van der Waals surface area (Å²) in [4.78, 5) is 38.0. The summed E-state index contributed by atoms with van der Waals surface area (Å²) >= 11 is 0. The molecule has 1 atom stereocenters. The first kappa shape index (κ1) is 60.6. The van der Waals surface area contributed by atoms with Crippen LogP contribution in [-0.4, -0.2) is 37.2 Å². The summed E-state index contributed by atoms with van der Waals surface area (Å²) < 4.78 is 16.8. The van der Waals surface area contributed by atoms with Crippen molar-refractivity contribution in [2.45, 2.75) is 297 Å². The van der Waals surface area contributed by atoms with Crippen LogP contribution in [0.5, 0.6) is 0 Å². The van der Waals surface area contributed by atoms with Crippen LogP contribution in [0.3, 0.4) is 0 Å². The van der Waals surface area contributed by atoms with Crippen molar-refractivity contribution in [1.29, 1.82) is 0 Å². The number of esters is 3. The zero-order valence-electron chi connectivity index (χ0n) is 42.1. The predicted octanol–water partition coefficient (Wildman–Crippen LogP) is 18.1. The van der Waals surface area contributed by atoms with Gasteiger partial charge in [0.2, 0.25) is 0 Å². The van der Waals surface area contributed by atoms with Gasteiger partial charge in [0.1, 0.15) is 13.2 Å². The maximum Gasteiger partial charge on any atom is 0.306 e. The normalized spacial score (nSPS) is 12.2. The molecular weight excluding hydrogens is 781 g/mol. The summed E-state index contributed by atoms with van der Waals surface area (Å²) in [5, 5.41) is 0. The van der Waals surface area contributed by atoms with Gasteiger partial charge in [0.05, 0.1) is 0 Å². The van der Waals surface area contributed by atoms with E-state index in [1.165, 1.54) is 180 Å². The molecule has 0 aromatic carbocycles. The second-order valence-electron chi connectivity index (χ2n) is 18.5. The number of unbranched alkanes of at least 4 members (excludes halogenated alkanes) is 33. The molecule has 0 aromatic rings.